The van der Waals surface area contributed by atoms with Gasteiger partial charge in [0.15, 0.2) is 0 Å². The predicted octanol–water partition coefficient (Wildman–Crippen LogP) is 13.0. The third-order valence-corrected chi connectivity index (χ3v) is 23.9. The molecule has 0 spiro atoms. The molecule has 74 heavy (non-hydrogen) atoms. The number of carbonyl (C=O) groups is 3. The van der Waals surface area contributed by atoms with Gasteiger partial charge in [-0.15, -0.1) is 0 Å². The summed E-state index contributed by atoms with van der Waals surface area (Å²) >= 11 is 5.11. The molecule has 3 saturated heterocycles. The van der Waals surface area contributed by atoms with Gasteiger partial charge in [0.1, 0.15) is 0 Å². The molecule has 0 radical (unpaired) electrons. The van der Waals surface area contributed by atoms with Crippen molar-refractivity contribution >= 4 is 55.2 Å². The van der Waals surface area contributed by atoms with Crippen LogP contribution in [0.5, 0.6) is 0 Å². The zero-order chi connectivity index (χ0) is 54.1. The van der Waals surface area contributed by atoms with E-state index in [-0.39, 0.29) is 40.7 Å². The van der Waals surface area contributed by atoms with Crippen molar-refractivity contribution in [1.29, 1.82) is 0 Å². The van der Waals surface area contributed by atoms with Crippen molar-refractivity contribution in [3.63, 3.8) is 0 Å². The van der Waals surface area contributed by atoms with Crippen LogP contribution in [-0.2, 0) is 14.4 Å². The number of amides is 2. The van der Waals surface area contributed by atoms with E-state index >= 15 is 0 Å². The summed E-state index contributed by atoms with van der Waals surface area (Å²) in [5.74, 6) is 0.323. The first-order valence-corrected chi connectivity index (χ1v) is 33.4. The van der Waals surface area contributed by atoms with Crippen LogP contribution in [0.3, 0.4) is 0 Å². The lowest BCUT2D eigenvalue weighted by Crippen LogP contribution is -2.49. The molecule has 5 aliphatic rings. The molecule has 1 aromatic heterocycles. The minimum absolute atomic E-state index is 0. The Morgan fingerprint density at radius 3 is 1.18 bits per heavy atom. The zero-order valence-corrected chi connectivity index (χ0v) is 50.3. The number of hydrogen-bond acceptors (Lipinski definition) is 7. The van der Waals surface area contributed by atoms with Crippen molar-refractivity contribution in [3.8, 4) is 0 Å². The molecule has 2 aromatic carbocycles. The molecule has 0 aliphatic carbocycles. The molecular weight excluding hydrogens is 968 g/mol. The number of benzene rings is 2. The number of aromatic nitrogens is 1. The van der Waals surface area contributed by atoms with Crippen LogP contribution in [-0.4, -0.2) is 116 Å². The molecule has 3 aromatic rings. The van der Waals surface area contributed by atoms with Gasteiger partial charge in [0.2, 0.25) is 17.1 Å². The minimum atomic E-state index is -1.77. The summed E-state index contributed by atoms with van der Waals surface area (Å²) in [5, 5.41) is 2.66. The summed E-state index contributed by atoms with van der Waals surface area (Å²) in [6, 6.07) is 27.6. The van der Waals surface area contributed by atoms with E-state index in [0.29, 0.717) is 29.2 Å². The Balaban J connectivity index is 0.000000236. The molecule has 0 saturated carbocycles. The maximum Gasteiger partial charge on any atom is 0.235 e. The smallest absolute Gasteiger partial charge is 0.235 e. The van der Waals surface area contributed by atoms with Gasteiger partial charge in [0.25, 0.3) is 0 Å². The first-order valence-electron chi connectivity index (χ1n) is 26.8. The lowest BCUT2D eigenvalue weighted by atomic mass is 9.93. The van der Waals surface area contributed by atoms with Crippen molar-refractivity contribution in [3.05, 3.63) is 139 Å². The average Bonchev–Trinajstić information content (AvgIpc) is 4.11. The summed E-state index contributed by atoms with van der Waals surface area (Å²) in [4.78, 5) is 51.2. The first-order chi connectivity index (χ1) is 34.1. The summed E-state index contributed by atoms with van der Waals surface area (Å²) in [6.07, 6.45) is 24.2. The van der Waals surface area contributed by atoms with Gasteiger partial charge in [0.05, 0.1) is 16.1 Å². The van der Waals surface area contributed by atoms with E-state index in [4.69, 9.17) is 11.6 Å². The Morgan fingerprint density at radius 1 is 0.541 bits per heavy atom. The highest BCUT2D eigenvalue weighted by Gasteiger charge is 2.43. The van der Waals surface area contributed by atoms with E-state index in [0.717, 1.165) is 13.1 Å². The number of halogens is 1. The number of likely N-dealkylation sites (N-methyl/N-ethyl adjacent to an activating group) is 2. The van der Waals surface area contributed by atoms with Crippen molar-refractivity contribution in [2.24, 2.45) is 16.2 Å². The molecule has 2 amide bonds. The van der Waals surface area contributed by atoms with Crippen LogP contribution >= 0.6 is 11.6 Å². The lowest BCUT2D eigenvalue weighted by Gasteiger charge is -2.40. The number of allylic oxidation sites excluding steroid dienone is 2. The Bertz CT molecular complexity index is 2290. The first kappa shape index (κ1) is 62.3. The third kappa shape index (κ3) is 15.9. The molecule has 12 heteroatoms. The molecular formula is C62H95ClN6O3Si2. The van der Waals surface area contributed by atoms with Crippen molar-refractivity contribution < 1.29 is 14.4 Å². The number of carbonyl (C=O) groups excluding carboxylic acids is 3. The van der Waals surface area contributed by atoms with Crippen LogP contribution in [0.2, 0.25) is 37.3 Å². The fourth-order valence-electron chi connectivity index (χ4n) is 10.7. The minimum Gasteiger partial charge on any atom is -0.300 e. The van der Waals surface area contributed by atoms with Gasteiger partial charge in [-0.25, -0.2) is 0 Å². The van der Waals surface area contributed by atoms with E-state index in [1.807, 2.05) is 82.2 Å². The van der Waals surface area contributed by atoms with E-state index in [9.17, 15) is 14.4 Å². The van der Waals surface area contributed by atoms with E-state index < -0.39 is 16.1 Å². The quantitative estimate of drug-likeness (QED) is 0.172. The molecule has 8 rings (SSSR count). The fraction of sp³-hybridized carbons (Fsp3) is 0.548. The second-order valence-corrected chi connectivity index (χ2v) is 34.9. The summed E-state index contributed by atoms with van der Waals surface area (Å²) in [5.41, 5.74) is 3.90. The maximum atomic E-state index is 12.9. The monoisotopic (exact) mass is 1060 g/mol. The highest BCUT2D eigenvalue weighted by molar-refractivity contribution is 6.92. The standard InChI is InChI=1S/2C23H34N2OSi.C10H14N2.C5H9ClO.CH4/c2*1-23(2,3)22(26)25-16-14-21(19(17-25)20-13-10-15-24(20)4)27(5,6)18-11-8-7-9-12-18;1-12-7-3-5-10(12)9-4-2-6-11-8-9;1-5(2,3)4(6)7;/h2*7-9,11-12,14,16-17,20-21H,10,13,15H2,1-6H3;2,4,6,8,10H,3,5,7H2,1H3;1-3H3;1H4/t20-,21+;20-,21-;10-;;/m000../s1. The van der Waals surface area contributed by atoms with Gasteiger partial charge < -0.3 is 0 Å². The largest absolute Gasteiger partial charge is 0.300 e. The van der Waals surface area contributed by atoms with Crippen LogP contribution in [0.1, 0.15) is 120 Å². The number of hydrogen-bond donors (Lipinski definition) is 0. The van der Waals surface area contributed by atoms with Gasteiger partial charge in [-0.1, -0.05) is 185 Å². The molecule has 0 bridgehead atoms. The molecule has 406 valence electrons. The van der Waals surface area contributed by atoms with Crippen LogP contribution in [0.15, 0.2) is 133 Å². The van der Waals surface area contributed by atoms with E-state index in [1.165, 1.54) is 72.2 Å². The molecule has 0 N–H and O–H groups in total. The van der Waals surface area contributed by atoms with E-state index in [1.54, 1.807) is 20.8 Å². The number of pyridine rings is 1. The Morgan fingerprint density at radius 2 is 0.892 bits per heavy atom. The molecule has 5 aliphatic heterocycles. The Hall–Kier alpha value is -4.24. The van der Waals surface area contributed by atoms with Crippen molar-refractivity contribution in [2.75, 3.05) is 40.8 Å². The highest BCUT2D eigenvalue weighted by atomic mass is 35.5. The molecule has 3 fully saturated rings. The zero-order valence-electron chi connectivity index (χ0n) is 47.6. The highest BCUT2D eigenvalue weighted by Crippen LogP contribution is 2.43. The molecule has 5 atom stereocenters. The molecule has 6 heterocycles. The van der Waals surface area contributed by atoms with Crippen molar-refractivity contribution in [2.45, 2.75) is 164 Å². The van der Waals surface area contributed by atoms with Crippen LogP contribution in [0.25, 0.3) is 0 Å². The summed E-state index contributed by atoms with van der Waals surface area (Å²) in [6.45, 7) is 30.6. The normalized spacial score (nSPS) is 22.7. The van der Waals surface area contributed by atoms with Crippen LogP contribution in [0, 0.1) is 16.2 Å². The second kappa shape index (κ2) is 26.2. The SMILES string of the molecule is C.CC(C)(C)C(=O)Cl.CN1CCC[C@H]1C1=CN(C(=O)C(C)(C)C)C=C[C@@H]1[Si](C)(C)c1ccccc1.CN1CCC[C@H]1C1=CN(C(=O)C(C)(C)C)C=C[C@H]1[Si](C)(C)c1ccccc1.CN1CCC[C@H]1c1cccnc1. The lowest BCUT2D eigenvalue weighted by molar-refractivity contribution is -0.135. The van der Waals surface area contributed by atoms with Gasteiger partial charge in [0, 0.05) is 82.6 Å². The average molecular weight is 1060 g/mol. The summed E-state index contributed by atoms with van der Waals surface area (Å²) in [7, 11) is 3.09. The van der Waals surface area contributed by atoms with Gasteiger partial charge >= 0.3 is 0 Å². The number of nitrogens with zero attached hydrogens (tertiary/aromatic N) is 6. The fourth-order valence-corrected chi connectivity index (χ4v) is 16.9. The number of rotatable bonds is 7. The second-order valence-electron chi connectivity index (χ2n) is 25.2. The Labute approximate surface area is 456 Å². The summed E-state index contributed by atoms with van der Waals surface area (Å²) < 4.78 is 0. The Kier molecular flexibility index (Phi) is 22.1. The van der Waals surface area contributed by atoms with Gasteiger partial charge in [-0.05, 0) is 114 Å². The number of likely N-dealkylation sites (tertiary alicyclic amines) is 3. The third-order valence-electron chi connectivity index (χ3n) is 15.5. The molecule has 9 nitrogen and oxygen atoms in total. The van der Waals surface area contributed by atoms with Crippen LogP contribution in [0.4, 0.5) is 0 Å². The van der Waals surface area contributed by atoms with Gasteiger partial charge in [-0.3, -0.25) is 43.9 Å². The van der Waals surface area contributed by atoms with Crippen LogP contribution < -0.4 is 10.4 Å². The topological polar surface area (TPSA) is 80.3 Å². The molecule has 0 unspecified atom stereocenters. The maximum absolute atomic E-state index is 12.9. The van der Waals surface area contributed by atoms with Gasteiger partial charge in [-0.2, -0.15) is 0 Å². The predicted molar refractivity (Wildman–Crippen MR) is 319 cm³/mol. The van der Waals surface area contributed by atoms with Crippen molar-refractivity contribution in [1.82, 2.24) is 29.5 Å². The van der Waals surface area contributed by atoms with E-state index in [2.05, 4.69) is 158 Å².